The van der Waals surface area contributed by atoms with Crippen LogP contribution in [0, 0.1) is 0 Å². The lowest BCUT2D eigenvalue weighted by Crippen LogP contribution is -2.15. The Morgan fingerprint density at radius 1 is 0.265 bits per heavy atom. The molecule has 2 aliphatic carbocycles. The predicted molar refractivity (Wildman–Crippen MR) is 290 cm³/mol. The van der Waals surface area contributed by atoms with Crippen molar-refractivity contribution in [1.29, 1.82) is 0 Å². The molecule has 2 heteroatoms. The minimum atomic E-state index is -0.0831. The second kappa shape index (κ2) is 14.2. The number of fused-ring (bicyclic) bond motifs is 8. The Hall–Kier alpha value is -8.20. The van der Waals surface area contributed by atoms with Crippen LogP contribution in [-0.2, 0) is 10.8 Å². The summed E-state index contributed by atoms with van der Waals surface area (Å²) >= 11 is 0. The lowest BCUT2D eigenvalue weighted by molar-refractivity contribution is 0.660. The van der Waals surface area contributed by atoms with E-state index >= 15 is 0 Å². The summed E-state index contributed by atoms with van der Waals surface area (Å²) < 4.78 is 0. The van der Waals surface area contributed by atoms with E-state index in [9.17, 15) is 0 Å². The van der Waals surface area contributed by atoms with E-state index in [1.165, 1.54) is 98.4 Å². The lowest BCUT2D eigenvalue weighted by atomic mass is 9.82. The van der Waals surface area contributed by atoms with Gasteiger partial charge in [-0.25, -0.2) is 0 Å². The Morgan fingerprint density at radius 3 is 1.10 bits per heavy atom. The molecule has 68 heavy (non-hydrogen) atoms. The van der Waals surface area contributed by atoms with E-state index in [4.69, 9.17) is 0 Å². The maximum atomic E-state index is 2.52. The molecule has 2 aliphatic rings. The van der Waals surface area contributed by atoms with Crippen LogP contribution in [0.2, 0.25) is 0 Å². The van der Waals surface area contributed by atoms with Crippen molar-refractivity contribution >= 4 is 88.0 Å². The largest absolute Gasteiger partial charge is 0.309 e. The molecular formula is C66H48N2. The number of nitrogens with zero attached hydrogens (tertiary/aromatic N) is 2. The van der Waals surface area contributed by atoms with Gasteiger partial charge in [-0.3, -0.25) is 0 Å². The molecule has 322 valence electrons. The van der Waals surface area contributed by atoms with Gasteiger partial charge in [0.2, 0.25) is 0 Å². The van der Waals surface area contributed by atoms with Gasteiger partial charge in [-0.2, -0.15) is 0 Å². The van der Waals surface area contributed by atoms with Gasteiger partial charge < -0.3 is 9.80 Å². The third kappa shape index (κ3) is 5.40. The molecule has 0 spiro atoms. The molecule has 0 radical (unpaired) electrons. The summed E-state index contributed by atoms with van der Waals surface area (Å²) in [5, 5.41) is 12.3. The molecule has 0 saturated heterocycles. The first-order valence-corrected chi connectivity index (χ1v) is 24.0. The number of rotatable bonds is 6. The van der Waals surface area contributed by atoms with Crippen LogP contribution < -0.4 is 9.80 Å². The zero-order valence-electron chi connectivity index (χ0n) is 38.7. The number of hydrogen-bond acceptors (Lipinski definition) is 2. The van der Waals surface area contributed by atoms with Crippen LogP contribution in [0.1, 0.15) is 49.9 Å². The van der Waals surface area contributed by atoms with Crippen molar-refractivity contribution in [3.8, 4) is 22.3 Å². The third-order valence-corrected chi connectivity index (χ3v) is 15.8. The van der Waals surface area contributed by atoms with Gasteiger partial charge in [0.25, 0.3) is 0 Å². The van der Waals surface area contributed by atoms with Crippen molar-refractivity contribution in [2.75, 3.05) is 9.80 Å². The van der Waals surface area contributed by atoms with Crippen LogP contribution in [-0.4, -0.2) is 0 Å². The summed E-state index contributed by atoms with van der Waals surface area (Å²) in [7, 11) is 0. The minimum Gasteiger partial charge on any atom is -0.309 e. The van der Waals surface area contributed by atoms with Gasteiger partial charge in [0.05, 0.1) is 22.7 Å². The number of hydrogen-bond donors (Lipinski definition) is 0. The van der Waals surface area contributed by atoms with Crippen LogP contribution in [0.25, 0.3) is 76.1 Å². The molecule has 0 atom stereocenters. The Bertz CT molecular complexity index is 3780. The maximum Gasteiger partial charge on any atom is 0.0540 e. The quantitative estimate of drug-likeness (QED) is 0.154. The molecule has 0 amide bonds. The first-order valence-electron chi connectivity index (χ1n) is 24.0. The molecule has 12 aromatic carbocycles. The van der Waals surface area contributed by atoms with Crippen LogP contribution >= 0.6 is 0 Å². The second-order valence-electron chi connectivity index (χ2n) is 20.1. The predicted octanol–water partition coefficient (Wildman–Crippen LogP) is 18.4. The molecule has 2 nitrogen and oxygen atoms in total. The van der Waals surface area contributed by atoms with Gasteiger partial charge in [-0.05, 0) is 125 Å². The molecule has 0 aliphatic heterocycles. The van der Waals surface area contributed by atoms with Crippen molar-refractivity contribution in [2.24, 2.45) is 0 Å². The number of benzene rings is 12. The Kier molecular flexibility index (Phi) is 8.12. The van der Waals surface area contributed by atoms with E-state index in [-0.39, 0.29) is 10.8 Å². The third-order valence-electron chi connectivity index (χ3n) is 15.8. The summed E-state index contributed by atoms with van der Waals surface area (Å²) in [6, 6.07) is 82.1. The van der Waals surface area contributed by atoms with Gasteiger partial charge in [0.1, 0.15) is 0 Å². The fraction of sp³-hybridized carbons (Fsp3) is 0.0909. The molecule has 0 heterocycles. The smallest absolute Gasteiger partial charge is 0.0540 e. The average Bonchev–Trinajstić information content (AvgIpc) is 3.75. The molecular weight excluding hydrogens is 821 g/mol. The average molecular weight is 869 g/mol. The second-order valence-corrected chi connectivity index (χ2v) is 20.1. The normalized spacial score (nSPS) is 14.1. The summed E-state index contributed by atoms with van der Waals surface area (Å²) in [6.45, 7) is 9.45. The maximum absolute atomic E-state index is 2.52. The minimum absolute atomic E-state index is 0.0831. The van der Waals surface area contributed by atoms with Crippen molar-refractivity contribution in [2.45, 2.75) is 38.5 Å². The summed E-state index contributed by atoms with van der Waals surface area (Å²) in [4.78, 5) is 5.05. The highest BCUT2D eigenvalue weighted by molar-refractivity contribution is 6.28. The molecule has 0 N–H and O–H groups in total. The first-order chi connectivity index (χ1) is 33.3. The van der Waals surface area contributed by atoms with E-state index in [2.05, 4.69) is 256 Å². The molecule has 0 bridgehead atoms. The standard InChI is InChI=1S/C66H48N2/c1-65(2)55-23-11-9-21-49(55)53-39-45(31-35-57(53)65)67(59-25-13-17-41-15-5-7-19-47(41)59)61-37-29-43-28-34-52-62(38-30-44-27-33-51(61)63(43)64(44)52)68(60-26-14-18-42-16-6-8-20-48(42)60)46-32-36-58-54(40-46)50-22-10-12-24-56(50)66(58,3)4/h5-40H,1-4H3. The highest BCUT2D eigenvalue weighted by Crippen LogP contribution is 2.55. The van der Waals surface area contributed by atoms with Crippen molar-refractivity contribution in [3.05, 3.63) is 241 Å². The molecule has 12 aromatic rings. The van der Waals surface area contributed by atoms with Crippen molar-refractivity contribution in [3.63, 3.8) is 0 Å². The lowest BCUT2D eigenvalue weighted by Gasteiger charge is -2.31. The zero-order valence-corrected chi connectivity index (χ0v) is 38.7. The summed E-state index contributed by atoms with van der Waals surface area (Å²) in [6.07, 6.45) is 0. The Labute approximate surface area is 397 Å². The molecule has 0 unspecified atom stereocenters. The van der Waals surface area contributed by atoms with E-state index in [0.29, 0.717) is 0 Å². The van der Waals surface area contributed by atoms with Gasteiger partial charge in [0.15, 0.2) is 0 Å². The van der Waals surface area contributed by atoms with E-state index in [1.807, 2.05) is 0 Å². The van der Waals surface area contributed by atoms with Gasteiger partial charge >= 0.3 is 0 Å². The molecule has 0 aromatic heterocycles. The highest BCUT2D eigenvalue weighted by atomic mass is 15.2. The van der Waals surface area contributed by atoms with Crippen molar-refractivity contribution in [1.82, 2.24) is 0 Å². The zero-order chi connectivity index (χ0) is 45.5. The SMILES string of the molecule is CC1(C)c2ccccc2-c2cc(N(c3cccc4ccccc34)c3ccc4ccc5c(N(c6ccc7c(c6)-c6ccccc6C7(C)C)c6cccc7ccccc67)ccc6ccc3c4c65)ccc21. The molecule has 14 rings (SSSR count). The summed E-state index contributed by atoms with van der Waals surface area (Å²) in [5.74, 6) is 0. The number of anilines is 6. The van der Waals surface area contributed by atoms with Gasteiger partial charge in [-0.15, -0.1) is 0 Å². The monoisotopic (exact) mass is 868 g/mol. The van der Waals surface area contributed by atoms with Gasteiger partial charge in [0, 0.05) is 43.7 Å². The summed E-state index contributed by atoms with van der Waals surface area (Å²) in [5.41, 5.74) is 17.5. The fourth-order valence-corrected chi connectivity index (χ4v) is 12.5. The van der Waals surface area contributed by atoms with E-state index < -0.39 is 0 Å². The van der Waals surface area contributed by atoms with Crippen LogP contribution in [0.5, 0.6) is 0 Å². The van der Waals surface area contributed by atoms with Gasteiger partial charge in [-0.1, -0.05) is 198 Å². The van der Waals surface area contributed by atoms with Crippen LogP contribution in [0.15, 0.2) is 218 Å². The topological polar surface area (TPSA) is 6.48 Å². The highest BCUT2D eigenvalue weighted by Gasteiger charge is 2.37. The fourth-order valence-electron chi connectivity index (χ4n) is 12.5. The van der Waals surface area contributed by atoms with Crippen LogP contribution in [0.4, 0.5) is 34.1 Å². The van der Waals surface area contributed by atoms with E-state index in [0.717, 1.165) is 34.1 Å². The van der Waals surface area contributed by atoms with Crippen LogP contribution in [0.3, 0.4) is 0 Å². The van der Waals surface area contributed by atoms with E-state index in [1.54, 1.807) is 0 Å². The Morgan fingerprint density at radius 2 is 0.632 bits per heavy atom. The van der Waals surface area contributed by atoms with Crippen molar-refractivity contribution < 1.29 is 0 Å². The molecule has 0 saturated carbocycles. The first kappa shape index (κ1) is 39.0. The molecule has 0 fully saturated rings. The Balaban J connectivity index is 1.03.